The lowest BCUT2D eigenvalue weighted by molar-refractivity contribution is -0.166. The topological polar surface area (TPSA) is 78.9 Å². The van der Waals surface area contributed by atoms with Gasteiger partial charge in [0.15, 0.2) is 6.10 Å². The molecular weight excluding hydrogens is 1020 g/mol. The van der Waals surface area contributed by atoms with Crippen molar-refractivity contribution in [3.8, 4) is 0 Å². The minimum atomic E-state index is -0.842. The van der Waals surface area contributed by atoms with Crippen molar-refractivity contribution in [3.05, 3.63) is 146 Å². The summed E-state index contributed by atoms with van der Waals surface area (Å²) in [6, 6.07) is 0. The summed E-state index contributed by atoms with van der Waals surface area (Å²) in [7, 11) is 0. The zero-order valence-corrected chi connectivity index (χ0v) is 53.9. The van der Waals surface area contributed by atoms with Crippen molar-refractivity contribution in [2.24, 2.45) is 0 Å². The van der Waals surface area contributed by atoms with Crippen LogP contribution in [0.1, 0.15) is 303 Å². The number of hydrogen-bond donors (Lipinski definition) is 0. The second-order valence-corrected chi connectivity index (χ2v) is 22.3. The van der Waals surface area contributed by atoms with E-state index in [-0.39, 0.29) is 31.6 Å². The number of unbranched alkanes of at least 4 members (excludes halogenated alkanes) is 27. The number of hydrogen-bond acceptors (Lipinski definition) is 6. The highest BCUT2D eigenvalue weighted by Gasteiger charge is 2.19. The van der Waals surface area contributed by atoms with Gasteiger partial charge < -0.3 is 14.2 Å². The number of ether oxygens (including phenoxy) is 3. The number of carbonyl (C=O) groups excluding carboxylic acids is 3. The standard InChI is InChI=1S/C77H126O6/c1-4-7-10-13-16-19-22-25-28-29-30-31-32-33-34-35-36-37-38-39-40-41-42-43-44-45-46-47-50-52-55-58-61-64-67-70-76(79)82-73-74(83-77(80)71-68-65-62-59-56-53-49-27-24-21-18-15-12-9-6-3)72-81-75(78)69-66-63-60-57-54-51-48-26-23-20-17-14-11-8-5-2/h7,9-10,12,16-21,25-28,30-31,33-34,48-49,56,59,65,68,74H,4-6,8,11,13-15,22-24,29,32,35-47,50-55,57-58,60-64,66-67,69-73H2,1-3H3/b10-7-,12-9-,19-16-,20-17-,21-18-,28-25-,31-30-,34-33-,48-26-,49-27-,59-56-,68-65-. The van der Waals surface area contributed by atoms with Gasteiger partial charge in [0.2, 0.25) is 0 Å². The van der Waals surface area contributed by atoms with E-state index < -0.39 is 12.1 Å². The largest absolute Gasteiger partial charge is 0.462 e. The molecule has 0 saturated carbocycles. The molecule has 83 heavy (non-hydrogen) atoms. The molecular formula is C77H126O6. The second kappa shape index (κ2) is 69.8. The average Bonchev–Trinajstić information content (AvgIpc) is 3.49. The lowest BCUT2D eigenvalue weighted by Crippen LogP contribution is -2.30. The molecule has 0 amide bonds. The number of carbonyl (C=O) groups is 3. The normalized spacial score (nSPS) is 13.0. The molecule has 0 radical (unpaired) electrons. The van der Waals surface area contributed by atoms with Gasteiger partial charge in [-0.2, -0.15) is 0 Å². The highest BCUT2D eigenvalue weighted by molar-refractivity contribution is 5.72. The maximum atomic E-state index is 12.8. The molecule has 1 atom stereocenters. The summed E-state index contributed by atoms with van der Waals surface area (Å²) in [5, 5.41) is 0. The van der Waals surface area contributed by atoms with E-state index in [0.717, 1.165) is 122 Å². The Morgan fingerprint density at radius 3 is 0.795 bits per heavy atom. The van der Waals surface area contributed by atoms with Crippen LogP contribution in [-0.4, -0.2) is 37.2 Å². The summed E-state index contributed by atoms with van der Waals surface area (Å²) in [6.45, 7) is 6.30. The predicted octanol–water partition coefficient (Wildman–Crippen LogP) is 23.9. The summed E-state index contributed by atoms with van der Waals surface area (Å²) in [5.74, 6) is -1.06. The Hall–Kier alpha value is -4.71. The van der Waals surface area contributed by atoms with Crippen LogP contribution >= 0.6 is 0 Å². The molecule has 470 valence electrons. The molecule has 0 saturated heterocycles. The predicted molar refractivity (Wildman–Crippen MR) is 362 cm³/mol. The highest BCUT2D eigenvalue weighted by atomic mass is 16.6. The van der Waals surface area contributed by atoms with Gasteiger partial charge in [0, 0.05) is 12.8 Å². The molecule has 6 nitrogen and oxygen atoms in total. The first-order chi connectivity index (χ1) is 41.0. The molecule has 0 aliphatic carbocycles. The van der Waals surface area contributed by atoms with Crippen LogP contribution in [0.3, 0.4) is 0 Å². The Balaban J connectivity index is 4.22. The summed E-state index contributed by atoms with van der Waals surface area (Å²) < 4.78 is 16.8. The van der Waals surface area contributed by atoms with Gasteiger partial charge in [0.25, 0.3) is 0 Å². The van der Waals surface area contributed by atoms with E-state index in [0.29, 0.717) is 19.3 Å². The Bertz CT molecular complexity index is 1800. The van der Waals surface area contributed by atoms with Crippen LogP contribution in [0.5, 0.6) is 0 Å². The monoisotopic (exact) mass is 1150 g/mol. The van der Waals surface area contributed by atoms with Gasteiger partial charge in [-0.05, 0) is 122 Å². The van der Waals surface area contributed by atoms with Gasteiger partial charge in [0.05, 0.1) is 6.42 Å². The summed E-state index contributed by atoms with van der Waals surface area (Å²) >= 11 is 0. The number of rotatable bonds is 61. The molecule has 0 aromatic carbocycles. The molecule has 0 aromatic rings. The van der Waals surface area contributed by atoms with Gasteiger partial charge in [-0.1, -0.05) is 308 Å². The summed E-state index contributed by atoms with van der Waals surface area (Å²) in [6.07, 6.45) is 101. The molecule has 0 aliphatic rings. The van der Waals surface area contributed by atoms with Crippen molar-refractivity contribution in [1.82, 2.24) is 0 Å². The molecule has 0 N–H and O–H groups in total. The second-order valence-electron chi connectivity index (χ2n) is 22.3. The maximum absolute atomic E-state index is 12.8. The van der Waals surface area contributed by atoms with E-state index in [1.165, 1.54) is 135 Å². The summed E-state index contributed by atoms with van der Waals surface area (Å²) in [5.41, 5.74) is 0. The highest BCUT2D eigenvalue weighted by Crippen LogP contribution is 2.16. The third kappa shape index (κ3) is 68.0. The Labute approximate surface area is 512 Å². The van der Waals surface area contributed by atoms with Crippen LogP contribution in [0.25, 0.3) is 0 Å². The number of allylic oxidation sites excluding steroid dienone is 23. The van der Waals surface area contributed by atoms with Crippen molar-refractivity contribution in [1.29, 1.82) is 0 Å². The lowest BCUT2D eigenvalue weighted by atomic mass is 10.0. The molecule has 0 aliphatic heterocycles. The first-order valence-corrected chi connectivity index (χ1v) is 34.3. The minimum absolute atomic E-state index is 0.0907. The van der Waals surface area contributed by atoms with E-state index in [4.69, 9.17) is 14.2 Å². The van der Waals surface area contributed by atoms with Crippen LogP contribution < -0.4 is 0 Å². The molecule has 0 fully saturated rings. The molecule has 1 unspecified atom stereocenters. The van der Waals surface area contributed by atoms with Crippen LogP contribution in [0.2, 0.25) is 0 Å². The van der Waals surface area contributed by atoms with Gasteiger partial charge in [-0.3, -0.25) is 14.4 Å². The first kappa shape index (κ1) is 78.3. The molecule has 0 aromatic heterocycles. The van der Waals surface area contributed by atoms with E-state index in [2.05, 4.69) is 154 Å². The fraction of sp³-hybridized carbons (Fsp3) is 0.649. The van der Waals surface area contributed by atoms with Crippen molar-refractivity contribution in [2.75, 3.05) is 13.2 Å². The Morgan fingerprint density at radius 1 is 0.265 bits per heavy atom. The van der Waals surface area contributed by atoms with Gasteiger partial charge >= 0.3 is 17.9 Å². The van der Waals surface area contributed by atoms with E-state index >= 15 is 0 Å². The van der Waals surface area contributed by atoms with Crippen molar-refractivity contribution in [3.63, 3.8) is 0 Å². The SMILES string of the molecule is CC/C=C\C/C=C\C/C=C\C/C=C\C/C=C\CCCCCCCCCCCCCCCCCCCCCC(=O)OCC(COC(=O)CCCCCCC/C=C\C/C=C\CCCCC)OC(=O)C/C=C\C/C=C\C/C=C\C/C=C\C/C=C\CC. The van der Waals surface area contributed by atoms with Crippen LogP contribution in [0, 0.1) is 0 Å². The van der Waals surface area contributed by atoms with E-state index in [9.17, 15) is 14.4 Å². The van der Waals surface area contributed by atoms with Gasteiger partial charge in [-0.25, -0.2) is 0 Å². The van der Waals surface area contributed by atoms with Crippen molar-refractivity contribution < 1.29 is 28.6 Å². The molecule has 6 heteroatoms. The molecule has 0 bridgehead atoms. The Morgan fingerprint density at radius 2 is 0.506 bits per heavy atom. The lowest BCUT2D eigenvalue weighted by Gasteiger charge is -2.18. The maximum Gasteiger partial charge on any atom is 0.310 e. The van der Waals surface area contributed by atoms with E-state index in [1.54, 1.807) is 6.08 Å². The molecule has 0 rings (SSSR count). The third-order valence-corrected chi connectivity index (χ3v) is 14.3. The minimum Gasteiger partial charge on any atom is -0.462 e. The molecule has 0 heterocycles. The van der Waals surface area contributed by atoms with E-state index in [1.807, 2.05) is 6.08 Å². The van der Waals surface area contributed by atoms with Gasteiger partial charge in [-0.15, -0.1) is 0 Å². The van der Waals surface area contributed by atoms with Crippen LogP contribution in [0.4, 0.5) is 0 Å². The molecule has 0 spiro atoms. The van der Waals surface area contributed by atoms with Gasteiger partial charge in [0.1, 0.15) is 13.2 Å². The first-order valence-electron chi connectivity index (χ1n) is 34.3. The van der Waals surface area contributed by atoms with Crippen LogP contribution in [-0.2, 0) is 28.6 Å². The fourth-order valence-electron chi connectivity index (χ4n) is 9.28. The van der Waals surface area contributed by atoms with Crippen LogP contribution in [0.15, 0.2) is 146 Å². The zero-order chi connectivity index (χ0) is 59.9. The summed E-state index contributed by atoms with van der Waals surface area (Å²) in [4.78, 5) is 38.3. The average molecular weight is 1150 g/mol. The Kier molecular flexibility index (Phi) is 65.8. The zero-order valence-electron chi connectivity index (χ0n) is 53.9. The fourth-order valence-corrected chi connectivity index (χ4v) is 9.28. The van der Waals surface area contributed by atoms with Crippen molar-refractivity contribution in [2.45, 2.75) is 309 Å². The number of esters is 3. The quantitative estimate of drug-likeness (QED) is 0.0261. The van der Waals surface area contributed by atoms with Crippen molar-refractivity contribution >= 4 is 17.9 Å². The smallest absolute Gasteiger partial charge is 0.310 e. The third-order valence-electron chi connectivity index (χ3n) is 14.3.